The fourth-order valence-electron chi connectivity index (χ4n) is 3.62. The quantitative estimate of drug-likeness (QED) is 0.519. The van der Waals surface area contributed by atoms with Gasteiger partial charge in [-0.15, -0.1) is 0 Å². The highest BCUT2D eigenvalue weighted by Gasteiger charge is 2.26. The number of amides is 1. The number of piperazine rings is 1. The summed E-state index contributed by atoms with van der Waals surface area (Å²) in [6, 6.07) is 6.45. The molecule has 1 amide bonds. The number of rotatable bonds is 6. The number of aromatic nitrogens is 2. The fraction of sp³-hybridized carbons (Fsp3) is 0.500. The van der Waals surface area contributed by atoms with E-state index in [1.807, 2.05) is 11.8 Å². The molecule has 0 saturated carbocycles. The van der Waals surface area contributed by atoms with E-state index in [0.717, 1.165) is 32.7 Å². The van der Waals surface area contributed by atoms with Crippen LogP contribution >= 0.6 is 11.8 Å². The number of nitrogens with zero attached hydrogens (tertiary/aromatic N) is 4. The third-order valence-electron chi connectivity index (χ3n) is 5.64. The summed E-state index contributed by atoms with van der Waals surface area (Å²) >= 11 is 1.30. The van der Waals surface area contributed by atoms with Crippen molar-refractivity contribution in [3.63, 3.8) is 0 Å². The van der Waals surface area contributed by atoms with Crippen molar-refractivity contribution >= 4 is 17.7 Å². The van der Waals surface area contributed by atoms with Crippen LogP contribution in [-0.4, -0.2) is 63.2 Å². The predicted octanol–water partition coefficient (Wildman–Crippen LogP) is 2.46. The molecule has 0 radical (unpaired) electrons. The number of benzene rings is 1. The van der Waals surface area contributed by atoms with Crippen LogP contribution in [-0.2, 0) is 18.3 Å². The minimum absolute atomic E-state index is 0.0677. The molecule has 1 unspecified atom stereocenters. The lowest BCUT2D eigenvalue weighted by molar-refractivity contribution is -0.132. The van der Waals surface area contributed by atoms with Crippen LogP contribution in [0.2, 0.25) is 0 Å². The number of halogens is 1. The third kappa shape index (κ3) is 4.92. The molecular formula is C22H29FN4O2S. The fourth-order valence-corrected chi connectivity index (χ4v) is 4.62. The number of carbonyl (C=O) groups excluding carboxylic acids is 1. The van der Waals surface area contributed by atoms with Crippen LogP contribution in [0.5, 0.6) is 0 Å². The van der Waals surface area contributed by atoms with Crippen molar-refractivity contribution in [1.29, 1.82) is 0 Å². The van der Waals surface area contributed by atoms with Gasteiger partial charge in [-0.3, -0.25) is 14.2 Å². The smallest absolute Gasteiger partial charge is 0.257 e. The Morgan fingerprint density at radius 3 is 2.53 bits per heavy atom. The monoisotopic (exact) mass is 432 g/mol. The summed E-state index contributed by atoms with van der Waals surface area (Å²) in [5.41, 5.74) is 1.31. The first-order valence-corrected chi connectivity index (χ1v) is 11.2. The van der Waals surface area contributed by atoms with Gasteiger partial charge in [0.15, 0.2) is 5.16 Å². The standard InChI is InChI=1S/C22H29FN4O2S/c1-5-26-10-12-27(13-11-26)20(28)16(3)30-22-24-15(2)18(21(29)25(22)4)14-17-8-6-7-9-19(17)23/h6-9,16H,5,10-14H2,1-4H3. The number of likely N-dealkylation sites (N-methyl/N-ethyl adjacent to an activating group) is 1. The zero-order valence-electron chi connectivity index (χ0n) is 18.0. The van der Waals surface area contributed by atoms with Crippen molar-refractivity contribution in [2.75, 3.05) is 32.7 Å². The Labute approximate surface area is 181 Å². The van der Waals surface area contributed by atoms with Crippen LogP contribution in [0.3, 0.4) is 0 Å². The van der Waals surface area contributed by atoms with Crippen LogP contribution in [0.25, 0.3) is 0 Å². The first kappa shape index (κ1) is 22.5. The molecule has 1 fully saturated rings. The van der Waals surface area contributed by atoms with Gasteiger partial charge in [-0.25, -0.2) is 9.37 Å². The van der Waals surface area contributed by atoms with Crippen molar-refractivity contribution in [2.24, 2.45) is 7.05 Å². The lowest BCUT2D eigenvalue weighted by atomic mass is 10.0. The van der Waals surface area contributed by atoms with Crippen molar-refractivity contribution in [3.8, 4) is 0 Å². The molecule has 0 N–H and O–H groups in total. The highest BCUT2D eigenvalue weighted by atomic mass is 32.2. The van der Waals surface area contributed by atoms with Gasteiger partial charge in [0.2, 0.25) is 5.91 Å². The zero-order chi connectivity index (χ0) is 21.8. The molecule has 1 atom stereocenters. The second-order valence-electron chi connectivity index (χ2n) is 7.61. The summed E-state index contributed by atoms with van der Waals surface area (Å²) in [5, 5.41) is 0.163. The first-order valence-electron chi connectivity index (χ1n) is 10.3. The summed E-state index contributed by atoms with van der Waals surface area (Å²) < 4.78 is 15.5. The summed E-state index contributed by atoms with van der Waals surface area (Å²) in [7, 11) is 1.65. The highest BCUT2D eigenvalue weighted by molar-refractivity contribution is 8.00. The summed E-state index contributed by atoms with van der Waals surface area (Å²) in [5.74, 6) is -0.266. The molecule has 0 bridgehead atoms. The van der Waals surface area contributed by atoms with Gasteiger partial charge < -0.3 is 9.80 Å². The van der Waals surface area contributed by atoms with Crippen molar-refractivity contribution in [1.82, 2.24) is 19.4 Å². The Morgan fingerprint density at radius 2 is 1.90 bits per heavy atom. The molecule has 2 heterocycles. The average Bonchev–Trinajstić information content (AvgIpc) is 2.75. The molecule has 0 aliphatic carbocycles. The van der Waals surface area contributed by atoms with Crippen LogP contribution in [0, 0.1) is 12.7 Å². The third-order valence-corrected chi connectivity index (χ3v) is 6.77. The van der Waals surface area contributed by atoms with Crippen LogP contribution in [0.15, 0.2) is 34.2 Å². The van der Waals surface area contributed by atoms with Gasteiger partial charge in [0.1, 0.15) is 5.82 Å². The Balaban J connectivity index is 1.75. The lowest BCUT2D eigenvalue weighted by Gasteiger charge is -2.35. The van der Waals surface area contributed by atoms with E-state index in [1.54, 1.807) is 32.2 Å². The van der Waals surface area contributed by atoms with Gasteiger partial charge in [0.05, 0.1) is 5.25 Å². The lowest BCUT2D eigenvalue weighted by Crippen LogP contribution is -2.50. The minimum atomic E-state index is -0.340. The maximum atomic E-state index is 14.0. The molecule has 1 aromatic heterocycles. The van der Waals surface area contributed by atoms with E-state index in [1.165, 1.54) is 22.4 Å². The van der Waals surface area contributed by atoms with Crippen LogP contribution < -0.4 is 5.56 Å². The molecule has 162 valence electrons. The molecule has 0 spiro atoms. The maximum absolute atomic E-state index is 14.0. The maximum Gasteiger partial charge on any atom is 0.257 e. The second kappa shape index (κ2) is 9.75. The molecule has 1 saturated heterocycles. The molecular weight excluding hydrogens is 403 g/mol. The second-order valence-corrected chi connectivity index (χ2v) is 8.92. The summed E-state index contributed by atoms with van der Waals surface area (Å²) in [6.45, 7) is 9.97. The van der Waals surface area contributed by atoms with E-state index < -0.39 is 0 Å². The molecule has 8 heteroatoms. The molecule has 2 aromatic rings. The predicted molar refractivity (Wildman–Crippen MR) is 117 cm³/mol. The van der Waals surface area contributed by atoms with E-state index in [2.05, 4.69) is 16.8 Å². The van der Waals surface area contributed by atoms with Gasteiger partial charge in [-0.05, 0) is 32.0 Å². The molecule has 1 aliphatic rings. The first-order chi connectivity index (χ1) is 14.3. The van der Waals surface area contributed by atoms with E-state index in [9.17, 15) is 14.0 Å². The number of hydrogen-bond donors (Lipinski definition) is 0. The Kier molecular flexibility index (Phi) is 7.31. The van der Waals surface area contributed by atoms with E-state index in [0.29, 0.717) is 22.0 Å². The number of carbonyl (C=O) groups is 1. The summed E-state index contributed by atoms with van der Waals surface area (Å²) in [6.07, 6.45) is 0.194. The van der Waals surface area contributed by atoms with Gasteiger partial charge >= 0.3 is 0 Å². The molecule has 6 nitrogen and oxygen atoms in total. The largest absolute Gasteiger partial charge is 0.339 e. The molecule has 1 aromatic carbocycles. The number of aryl methyl sites for hydroxylation is 1. The highest BCUT2D eigenvalue weighted by Crippen LogP contribution is 2.23. The van der Waals surface area contributed by atoms with Gasteiger partial charge in [0.25, 0.3) is 5.56 Å². The molecule has 30 heavy (non-hydrogen) atoms. The number of thioether (sulfide) groups is 1. The van der Waals surface area contributed by atoms with Gasteiger partial charge in [-0.1, -0.05) is 36.9 Å². The van der Waals surface area contributed by atoms with E-state index >= 15 is 0 Å². The SMILES string of the molecule is CCN1CCN(C(=O)C(C)Sc2nc(C)c(Cc3ccccc3F)c(=O)n2C)CC1. The topological polar surface area (TPSA) is 58.4 Å². The Hall–Kier alpha value is -2.19. The Bertz CT molecular complexity index is 970. The Morgan fingerprint density at radius 1 is 1.23 bits per heavy atom. The van der Waals surface area contributed by atoms with E-state index in [-0.39, 0.29) is 29.0 Å². The number of hydrogen-bond acceptors (Lipinski definition) is 5. The van der Waals surface area contributed by atoms with Crippen molar-refractivity contribution in [3.05, 3.63) is 57.3 Å². The molecule has 1 aliphatic heterocycles. The zero-order valence-corrected chi connectivity index (χ0v) is 18.8. The van der Waals surface area contributed by atoms with E-state index in [4.69, 9.17) is 0 Å². The van der Waals surface area contributed by atoms with Crippen LogP contribution in [0.4, 0.5) is 4.39 Å². The van der Waals surface area contributed by atoms with Crippen molar-refractivity contribution < 1.29 is 9.18 Å². The average molecular weight is 433 g/mol. The van der Waals surface area contributed by atoms with Gasteiger partial charge in [0, 0.05) is 50.9 Å². The van der Waals surface area contributed by atoms with Crippen LogP contribution in [0.1, 0.15) is 30.7 Å². The minimum Gasteiger partial charge on any atom is -0.339 e. The van der Waals surface area contributed by atoms with Crippen molar-refractivity contribution in [2.45, 2.75) is 37.6 Å². The molecule has 3 rings (SSSR count). The summed E-state index contributed by atoms with van der Waals surface area (Å²) in [4.78, 5) is 34.6. The van der Waals surface area contributed by atoms with Gasteiger partial charge in [-0.2, -0.15) is 0 Å². The normalized spacial score (nSPS) is 16.0.